The number of piperazine rings is 1. The molecule has 1 aliphatic heterocycles. The predicted molar refractivity (Wildman–Crippen MR) is 104 cm³/mol. The van der Waals surface area contributed by atoms with E-state index in [9.17, 15) is 18.0 Å². The molecule has 1 fully saturated rings. The fraction of sp³-hybridized carbons (Fsp3) is 0.600. The number of sulfonamides is 1. The van der Waals surface area contributed by atoms with Crippen LogP contribution in [0.1, 0.15) is 12.6 Å². The predicted octanol–water partition coefficient (Wildman–Crippen LogP) is -0.715. The first-order valence-corrected chi connectivity index (χ1v) is 11.1. The summed E-state index contributed by atoms with van der Waals surface area (Å²) in [7, 11) is -1.95. The Kier molecular flexibility index (Phi) is 5.23. The van der Waals surface area contributed by atoms with E-state index in [0.29, 0.717) is 34.1 Å². The van der Waals surface area contributed by atoms with Crippen molar-refractivity contribution in [3.63, 3.8) is 0 Å². The monoisotopic (exact) mass is 414 g/mol. The van der Waals surface area contributed by atoms with E-state index < -0.39 is 16.1 Å². The number of carbonyl (C=O) groups excluding carboxylic acids is 1. The highest BCUT2D eigenvalue weighted by Crippen LogP contribution is 2.30. The minimum Gasteiger partial charge on any atom is -0.355 e. The molecule has 12 heteroatoms. The number of anilines is 1. The first-order chi connectivity index (χ1) is 12.6. The molecule has 0 spiro atoms. The zero-order valence-electron chi connectivity index (χ0n) is 15.6. The Morgan fingerprint density at radius 1 is 1.37 bits per heavy atom. The maximum atomic E-state index is 12.4. The van der Waals surface area contributed by atoms with Crippen molar-refractivity contribution in [2.75, 3.05) is 37.3 Å². The van der Waals surface area contributed by atoms with Crippen LogP contribution in [0.5, 0.6) is 0 Å². The van der Waals surface area contributed by atoms with Crippen LogP contribution < -0.4 is 15.8 Å². The summed E-state index contributed by atoms with van der Waals surface area (Å²) in [5.41, 5.74) is 0.754. The molecule has 1 amide bonds. The van der Waals surface area contributed by atoms with Crippen LogP contribution in [0.2, 0.25) is 0 Å². The third kappa shape index (κ3) is 3.69. The Balaban J connectivity index is 1.98. The lowest BCUT2D eigenvalue weighted by molar-refractivity contribution is -0.124. The van der Waals surface area contributed by atoms with Gasteiger partial charge in [0.05, 0.1) is 16.6 Å². The van der Waals surface area contributed by atoms with E-state index in [4.69, 9.17) is 0 Å². The topological polar surface area (TPSA) is 118 Å². The minimum atomic E-state index is -3.52. The molecule has 1 N–H and O–H groups in total. The number of aromatic nitrogens is 3. The Morgan fingerprint density at radius 3 is 2.70 bits per heavy atom. The number of hydrogen-bond donors (Lipinski definition) is 1. The van der Waals surface area contributed by atoms with Crippen LogP contribution in [0.4, 0.5) is 5.13 Å². The van der Waals surface area contributed by atoms with Crippen molar-refractivity contribution in [3.05, 3.63) is 16.0 Å². The molecule has 0 aliphatic carbocycles. The second kappa shape index (κ2) is 7.17. The fourth-order valence-electron chi connectivity index (χ4n) is 3.15. The number of nitrogens with zero attached hydrogens (tertiary/aromatic N) is 5. The molecule has 3 rings (SSSR count). The summed E-state index contributed by atoms with van der Waals surface area (Å²) in [5, 5.41) is 7.45. The molecule has 0 saturated carbocycles. The van der Waals surface area contributed by atoms with Gasteiger partial charge >= 0.3 is 0 Å². The molecule has 0 bridgehead atoms. The first kappa shape index (κ1) is 19.7. The average Bonchev–Trinajstić information content (AvgIpc) is 3.05. The molecule has 2 aromatic rings. The zero-order valence-corrected chi connectivity index (χ0v) is 17.2. The second-order valence-electron chi connectivity index (χ2n) is 6.42. The van der Waals surface area contributed by atoms with Gasteiger partial charge in [-0.15, -0.1) is 0 Å². The van der Waals surface area contributed by atoms with Gasteiger partial charge in [0.25, 0.3) is 5.56 Å². The largest absolute Gasteiger partial charge is 0.355 e. The molecule has 1 saturated heterocycles. The van der Waals surface area contributed by atoms with Crippen LogP contribution in [0.3, 0.4) is 0 Å². The fourth-order valence-corrected chi connectivity index (χ4v) is 5.22. The number of amides is 1. The van der Waals surface area contributed by atoms with Crippen molar-refractivity contribution in [2.24, 2.45) is 7.05 Å². The third-order valence-corrected chi connectivity index (χ3v) is 6.94. The van der Waals surface area contributed by atoms with Gasteiger partial charge in [-0.05, 0) is 13.8 Å². The minimum absolute atomic E-state index is 0.172. The molecule has 1 aliphatic rings. The normalized spacial score (nSPS) is 18.8. The molecule has 27 heavy (non-hydrogen) atoms. The number of fused-ring (bicyclic) bond motifs is 1. The maximum absolute atomic E-state index is 12.4. The zero-order chi connectivity index (χ0) is 19.9. The summed E-state index contributed by atoms with van der Waals surface area (Å²) in [5.74, 6) is -0.345. The summed E-state index contributed by atoms with van der Waals surface area (Å²) < 4.78 is 27.3. The van der Waals surface area contributed by atoms with Crippen LogP contribution >= 0.6 is 11.3 Å². The molecule has 1 unspecified atom stereocenters. The number of thiazole rings is 1. The van der Waals surface area contributed by atoms with E-state index in [1.807, 2.05) is 11.8 Å². The number of rotatable bonds is 4. The van der Waals surface area contributed by atoms with Crippen molar-refractivity contribution < 1.29 is 13.2 Å². The highest BCUT2D eigenvalue weighted by atomic mass is 32.2. The van der Waals surface area contributed by atoms with Gasteiger partial charge < -0.3 is 10.2 Å². The van der Waals surface area contributed by atoms with Crippen molar-refractivity contribution in [1.82, 2.24) is 24.4 Å². The Morgan fingerprint density at radius 2 is 2.07 bits per heavy atom. The van der Waals surface area contributed by atoms with Crippen LogP contribution in [0.25, 0.3) is 10.2 Å². The lowest BCUT2D eigenvalue weighted by atomic mass is 10.2. The van der Waals surface area contributed by atoms with E-state index in [2.05, 4.69) is 15.4 Å². The van der Waals surface area contributed by atoms with Crippen molar-refractivity contribution in [1.29, 1.82) is 0 Å². The van der Waals surface area contributed by atoms with Crippen LogP contribution in [-0.4, -0.2) is 71.9 Å². The van der Waals surface area contributed by atoms with Gasteiger partial charge in [-0.2, -0.15) is 9.40 Å². The van der Waals surface area contributed by atoms with Gasteiger partial charge in [-0.1, -0.05) is 11.3 Å². The van der Waals surface area contributed by atoms with Crippen LogP contribution in [-0.2, 0) is 21.9 Å². The molecule has 1 atom stereocenters. The van der Waals surface area contributed by atoms with Gasteiger partial charge in [0.2, 0.25) is 15.9 Å². The third-order valence-electron chi connectivity index (χ3n) is 4.42. The SMILES string of the molecule is CCNC(=O)C1CN(c2nc3c(=O)n(C)nc(C)c3s2)CCN1S(C)(=O)=O. The first-order valence-electron chi connectivity index (χ1n) is 8.47. The second-order valence-corrected chi connectivity index (χ2v) is 9.33. The van der Waals surface area contributed by atoms with Crippen molar-refractivity contribution in [3.8, 4) is 0 Å². The van der Waals surface area contributed by atoms with E-state index in [0.717, 1.165) is 6.26 Å². The quantitative estimate of drug-likeness (QED) is 0.702. The summed E-state index contributed by atoms with van der Waals surface area (Å²) in [6, 6.07) is -0.845. The van der Waals surface area contributed by atoms with Crippen LogP contribution in [0, 0.1) is 6.92 Å². The highest BCUT2D eigenvalue weighted by molar-refractivity contribution is 7.88. The van der Waals surface area contributed by atoms with Gasteiger partial charge in [-0.3, -0.25) is 9.59 Å². The van der Waals surface area contributed by atoms with Crippen molar-refractivity contribution in [2.45, 2.75) is 19.9 Å². The molecule has 2 aromatic heterocycles. The molecule has 3 heterocycles. The van der Waals surface area contributed by atoms with E-state index >= 15 is 0 Å². The number of likely N-dealkylation sites (N-methyl/N-ethyl adjacent to an activating group) is 1. The Bertz CT molecular complexity index is 1040. The molecule has 10 nitrogen and oxygen atoms in total. The van der Waals surface area contributed by atoms with Gasteiger partial charge in [0.1, 0.15) is 6.04 Å². The standard InChI is InChI=1S/C15H22N6O4S2/c1-5-16-13(22)10-8-20(6-7-21(10)27(4,24)25)15-17-11-12(26-15)9(2)18-19(3)14(11)23/h10H,5-8H2,1-4H3,(H,16,22). The Hall–Kier alpha value is -2.05. The number of carbonyl (C=O) groups is 1. The van der Waals surface area contributed by atoms with Crippen molar-refractivity contribution >= 4 is 42.6 Å². The maximum Gasteiger partial charge on any atom is 0.293 e. The smallest absolute Gasteiger partial charge is 0.293 e. The van der Waals surface area contributed by atoms with Crippen LogP contribution in [0.15, 0.2) is 4.79 Å². The number of nitrogens with one attached hydrogen (secondary N) is 1. The Labute approximate surface area is 160 Å². The van der Waals surface area contributed by atoms with E-state index in [-0.39, 0.29) is 24.6 Å². The number of aryl methyl sites for hydroxylation is 2. The lowest BCUT2D eigenvalue weighted by Gasteiger charge is -2.38. The van der Waals surface area contributed by atoms with E-state index in [1.54, 1.807) is 14.0 Å². The summed E-state index contributed by atoms with van der Waals surface area (Å²) in [6.07, 6.45) is 1.10. The molecular weight excluding hydrogens is 392 g/mol. The molecule has 0 radical (unpaired) electrons. The van der Waals surface area contributed by atoms with Gasteiger partial charge in [0.15, 0.2) is 10.6 Å². The van der Waals surface area contributed by atoms with Gasteiger partial charge in [-0.25, -0.2) is 18.1 Å². The van der Waals surface area contributed by atoms with Gasteiger partial charge in [0, 0.05) is 33.2 Å². The summed E-state index contributed by atoms with van der Waals surface area (Å²) in [6.45, 7) is 4.73. The summed E-state index contributed by atoms with van der Waals surface area (Å²) in [4.78, 5) is 31.0. The molecule has 0 aromatic carbocycles. The molecular formula is C15H22N6O4S2. The number of hydrogen-bond acceptors (Lipinski definition) is 8. The van der Waals surface area contributed by atoms with E-state index in [1.165, 1.54) is 20.3 Å². The highest BCUT2D eigenvalue weighted by Gasteiger charge is 2.38. The summed E-state index contributed by atoms with van der Waals surface area (Å²) >= 11 is 1.33. The lowest BCUT2D eigenvalue weighted by Crippen LogP contribution is -2.60. The molecule has 148 valence electrons. The average molecular weight is 415 g/mol.